The summed E-state index contributed by atoms with van der Waals surface area (Å²) in [6.45, 7) is 5.01. The smallest absolute Gasteiger partial charge is 0.239 e. The Morgan fingerprint density at radius 3 is 2.59 bits per heavy atom. The van der Waals surface area contributed by atoms with Gasteiger partial charge in [-0.1, -0.05) is 0 Å². The standard InChI is InChI=1S/C12H23N3O2/c1-4-15(3)12(17)9(2)13-8-7-11(16)14-10-5-6-10/h9-10,13H,4-8H2,1-3H3,(H,14,16). The van der Waals surface area contributed by atoms with Gasteiger partial charge in [-0.25, -0.2) is 0 Å². The van der Waals surface area contributed by atoms with Crippen molar-refractivity contribution in [2.45, 2.75) is 45.2 Å². The van der Waals surface area contributed by atoms with Gasteiger partial charge in [-0.2, -0.15) is 0 Å². The van der Waals surface area contributed by atoms with Gasteiger partial charge in [0.15, 0.2) is 0 Å². The molecule has 98 valence electrons. The van der Waals surface area contributed by atoms with E-state index in [9.17, 15) is 9.59 Å². The summed E-state index contributed by atoms with van der Waals surface area (Å²) >= 11 is 0. The van der Waals surface area contributed by atoms with Crippen LogP contribution in [0.2, 0.25) is 0 Å². The Balaban J connectivity index is 2.11. The minimum absolute atomic E-state index is 0.0649. The number of hydrogen-bond donors (Lipinski definition) is 2. The molecular weight excluding hydrogens is 218 g/mol. The molecule has 0 aliphatic heterocycles. The molecule has 0 aromatic heterocycles. The third-order valence-corrected chi connectivity index (χ3v) is 2.97. The minimum Gasteiger partial charge on any atom is -0.353 e. The second kappa shape index (κ2) is 6.59. The van der Waals surface area contributed by atoms with Crippen LogP contribution in [0.3, 0.4) is 0 Å². The molecular formula is C12H23N3O2. The third-order valence-electron chi connectivity index (χ3n) is 2.97. The van der Waals surface area contributed by atoms with E-state index in [0.29, 0.717) is 25.6 Å². The highest BCUT2D eigenvalue weighted by molar-refractivity contribution is 5.81. The van der Waals surface area contributed by atoms with Crippen LogP contribution in [0.4, 0.5) is 0 Å². The summed E-state index contributed by atoms with van der Waals surface area (Å²) < 4.78 is 0. The Kier molecular flexibility index (Phi) is 5.41. The fraction of sp³-hybridized carbons (Fsp3) is 0.833. The van der Waals surface area contributed by atoms with E-state index in [1.54, 1.807) is 11.9 Å². The van der Waals surface area contributed by atoms with Gasteiger partial charge in [0.2, 0.25) is 11.8 Å². The Bertz CT molecular complexity index is 277. The number of carbonyl (C=O) groups is 2. The zero-order chi connectivity index (χ0) is 12.8. The largest absolute Gasteiger partial charge is 0.353 e. The molecule has 0 aromatic carbocycles. The second-order valence-corrected chi connectivity index (χ2v) is 4.62. The number of likely N-dealkylation sites (N-methyl/N-ethyl adjacent to an activating group) is 1. The molecule has 0 aromatic rings. The van der Waals surface area contributed by atoms with E-state index in [0.717, 1.165) is 12.8 Å². The highest BCUT2D eigenvalue weighted by Crippen LogP contribution is 2.18. The molecule has 17 heavy (non-hydrogen) atoms. The van der Waals surface area contributed by atoms with Gasteiger partial charge < -0.3 is 15.5 Å². The van der Waals surface area contributed by atoms with Gasteiger partial charge in [-0.3, -0.25) is 9.59 Å². The lowest BCUT2D eigenvalue weighted by Gasteiger charge is -2.20. The van der Waals surface area contributed by atoms with Crippen molar-refractivity contribution in [2.24, 2.45) is 0 Å². The fourth-order valence-corrected chi connectivity index (χ4v) is 1.50. The van der Waals surface area contributed by atoms with Gasteiger partial charge in [0.25, 0.3) is 0 Å². The maximum absolute atomic E-state index is 11.7. The molecule has 5 heteroatoms. The molecule has 5 nitrogen and oxygen atoms in total. The van der Waals surface area contributed by atoms with Crippen molar-refractivity contribution in [1.29, 1.82) is 0 Å². The monoisotopic (exact) mass is 241 g/mol. The average Bonchev–Trinajstić information content (AvgIpc) is 3.10. The quantitative estimate of drug-likeness (QED) is 0.665. The van der Waals surface area contributed by atoms with Crippen LogP contribution < -0.4 is 10.6 Å². The molecule has 0 bridgehead atoms. The predicted octanol–water partition coefficient (Wildman–Crippen LogP) is 0.112. The number of rotatable bonds is 7. The molecule has 1 saturated carbocycles. The van der Waals surface area contributed by atoms with Crippen LogP contribution in [0, 0.1) is 0 Å². The van der Waals surface area contributed by atoms with Gasteiger partial charge in [0.1, 0.15) is 0 Å². The maximum atomic E-state index is 11.7. The Labute approximate surface area is 103 Å². The zero-order valence-corrected chi connectivity index (χ0v) is 11.0. The van der Waals surface area contributed by atoms with E-state index in [1.165, 1.54) is 0 Å². The van der Waals surface area contributed by atoms with Crippen LogP contribution >= 0.6 is 0 Å². The molecule has 1 atom stereocenters. The first-order valence-corrected chi connectivity index (χ1v) is 6.32. The van der Waals surface area contributed by atoms with Gasteiger partial charge >= 0.3 is 0 Å². The Morgan fingerprint density at radius 2 is 2.06 bits per heavy atom. The number of hydrogen-bond acceptors (Lipinski definition) is 3. The van der Waals surface area contributed by atoms with Gasteiger partial charge in [0, 0.05) is 32.6 Å². The molecule has 0 heterocycles. The van der Waals surface area contributed by atoms with Crippen molar-refractivity contribution < 1.29 is 9.59 Å². The Hall–Kier alpha value is -1.10. The lowest BCUT2D eigenvalue weighted by Crippen LogP contribution is -2.44. The summed E-state index contributed by atoms with van der Waals surface area (Å²) in [7, 11) is 1.78. The molecule has 1 unspecified atom stereocenters. The number of nitrogens with one attached hydrogen (secondary N) is 2. The van der Waals surface area contributed by atoms with Crippen molar-refractivity contribution in [3.8, 4) is 0 Å². The van der Waals surface area contributed by atoms with Crippen molar-refractivity contribution in [3.05, 3.63) is 0 Å². The van der Waals surface area contributed by atoms with E-state index >= 15 is 0 Å². The zero-order valence-electron chi connectivity index (χ0n) is 11.0. The molecule has 1 rings (SSSR count). The Morgan fingerprint density at radius 1 is 1.41 bits per heavy atom. The summed E-state index contributed by atoms with van der Waals surface area (Å²) in [4.78, 5) is 24.8. The summed E-state index contributed by atoms with van der Waals surface area (Å²) in [6, 6.07) is 0.182. The van der Waals surface area contributed by atoms with Crippen molar-refractivity contribution in [3.63, 3.8) is 0 Å². The van der Waals surface area contributed by atoms with Crippen molar-refractivity contribution in [2.75, 3.05) is 20.1 Å². The van der Waals surface area contributed by atoms with E-state index in [1.807, 2.05) is 13.8 Å². The van der Waals surface area contributed by atoms with Crippen LogP contribution in [0.5, 0.6) is 0 Å². The molecule has 2 amide bonds. The van der Waals surface area contributed by atoms with Gasteiger partial charge in [-0.15, -0.1) is 0 Å². The van der Waals surface area contributed by atoms with Crippen LogP contribution in [-0.2, 0) is 9.59 Å². The van der Waals surface area contributed by atoms with Crippen LogP contribution in [-0.4, -0.2) is 48.9 Å². The number of amides is 2. The first-order valence-electron chi connectivity index (χ1n) is 6.32. The summed E-state index contributed by atoms with van der Waals surface area (Å²) in [6.07, 6.45) is 2.65. The number of carbonyl (C=O) groups excluding carboxylic acids is 2. The predicted molar refractivity (Wildman–Crippen MR) is 66.6 cm³/mol. The highest BCUT2D eigenvalue weighted by atomic mass is 16.2. The molecule has 0 radical (unpaired) electrons. The van der Waals surface area contributed by atoms with E-state index in [-0.39, 0.29) is 17.9 Å². The van der Waals surface area contributed by atoms with Gasteiger partial charge in [-0.05, 0) is 26.7 Å². The fourth-order valence-electron chi connectivity index (χ4n) is 1.50. The molecule has 1 aliphatic carbocycles. The average molecular weight is 241 g/mol. The van der Waals surface area contributed by atoms with Crippen LogP contribution in [0.15, 0.2) is 0 Å². The normalized spacial score (nSPS) is 16.4. The van der Waals surface area contributed by atoms with E-state index in [4.69, 9.17) is 0 Å². The second-order valence-electron chi connectivity index (χ2n) is 4.62. The lowest BCUT2D eigenvalue weighted by atomic mass is 10.2. The van der Waals surface area contributed by atoms with Crippen molar-refractivity contribution in [1.82, 2.24) is 15.5 Å². The van der Waals surface area contributed by atoms with E-state index in [2.05, 4.69) is 10.6 Å². The van der Waals surface area contributed by atoms with Crippen molar-refractivity contribution >= 4 is 11.8 Å². The summed E-state index contributed by atoms with van der Waals surface area (Å²) in [5.41, 5.74) is 0. The molecule has 1 fully saturated rings. The highest BCUT2D eigenvalue weighted by Gasteiger charge is 2.23. The van der Waals surface area contributed by atoms with E-state index < -0.39 is 0 Å². The van der Waals surface area contributed by atoms with Crippen LogP contribution in [0.1, 0.15) is 33.1 Å². The molecule has 0 saturated heterocycles. The first kappa shape index (κ1) is 14.0. The molecule has 0 spiro atoms. The first-order chi connectivity index (χ1) is 8.04. The third kappa shape index (κ3) is 5.17. The van der Waals surface area contributed by atoms with Gasteiger partial charge in [0.05, 0.1) is 6.04 Å². The van der Waals surface area contributed by atoms with Crippen LogP contribution in [0.25, 0.3) is 0 Å². The SMILES string of the molecule is CCN(C)C(=O)C(C)NCCC(=O)NC1CC1. The topological polar surface area (TPSA) is 61.4 Å². The summed E-state index contributed by atoms with van der Waals surface area (Å²) in [5, 5.41) is 5.99. The summed E-state index contributed by atoms with van der Waals surface area (Å²) in [5.74, 6) is 0.138. The lowest BCUT2D eigenvalue weighted by molar-refractivity contribution is -0.131. The number of nitrogens with zero attached hydrogens (tertiary/aromatic N) is 1. The molecule has 2 N–H and O–H groups in total. The maximum Gasteiger partial charge on any atom is 0.239 e. The minimum atomic E-state index is -0.228. The molecule has 1 aliphatic rings.